The van der Waals surface area contributed by atoms with Crippen LogP contribution < -0.4 is 5.32 Å². The maximum atomic E-state index is 12.6. The summed E-state index contributed by atoms with van der Waals surface area (Å²) in [6, 6.07) is -0.0700. The Bertz CT molecular complexity index is 513. The molecule has 1 atom stereocenters. The Morgan fingerprint density at radius 3 is 2.68 bits per heavy atom. The summed E-state index contributed by atoms with van der Waals surface area (Å²) >= 11 is 1.62. The van der Waals surface area contributed by atoms with E-state index in [1.165, 1.54) is 4.31 Å². The first-order chi connectivity index (χ1) is 8.86. The highest BCUT2D eigenvalue weighted by Crippen LogP contribution is 2.21. The van der Waals surface area contributed by atoms with Crippen LogP contribution in [0.1, 0.15) is 18.2 Å². The third-order valence-corrected chi connectivity index (χ3v) is 5.80. The molecule has 1 heterocycles. The van der Waals surface area contributed by atoms with Crippen LogP contribution in [0.4, 0.5) is 0 Å². The largest absolute Gasteiger partial charge is 0.316 e. The number of H-pyrrole nitrogens is 1. The molecular weight excluding hydrogens is 284 g/mol. The van der Waals surface area contributed by atoms with Crippen molar-refractivity contribution in [2.24, 2.45) is 0 Å². The van der Waals surface area contributed by atoms with Crippen LogP contribution in [-0.4, -0.2) is 55.1 Å². The van der Waals surface area contributed by atoms with Crippen LogP contribution in [-0.2, 0) is 16.6 Å². The van der Waals surface area contributed by atoms with Gasteiger partial charge in [-0.3, -0.25) is 5.10 Å². The third kappa shape index (κ3) is 3.50. The second-order valence-electron chi connectivity index (χ2n) is 4.49. The molecule has 8 heteroatoms. The highest BCUT2D eigenvalue weighted by Gasteiger charge is 2.30. The summed E-state index contributed by atoms with van der Waals surface area (Å²) in [5, 5.41) is 9.81. The minimum atomic E-state index is -3.55. The molecule has 1 rings (SSSR count). The summed E-state index contributed by atoms with van der Waals surface area (Å²) < 4.78 is 26.5. The minimum absolute atomic E-state index is 0.0700. The molecular formula is C11H22N4O2S2. The van der Waals surface area contributed by atoms with Crippen LogP contribution >= 0.6 is 11.8 Å². The van der Waals surface area contributed by atoms with Gasteiger partial charge in [-0.1, -0.05) is 0 Å². The lowest BCUT2D eigenvalue weighted by Gasteiger charge is -2.23. The number of nitrogens with zero attached hydrogens (tertiary/aromatic N) is 2. The summed E-state index contributed by atoms with van der Waals surface area (Å²) in [7, 11) is -0.174. The van der Waals surface area contributed by atoms with Gasteiger partial charge >= 0.3 is 0 Å². The molecule has 1 aromatic rings. The van der Waals surface area contributed by atoms with E-state index in [2.05, 4.69) is 15.5 Å². The molecule has 0 aliphatic carbocycles. The molecule has 0 spiro atoms. The number of sulfonamides is 1. The summed E-state index contributed by atoms with van der Waals surface area (Å²) in [5.41, 5.74) is 1.48. The molecule has 0 bridgehead atoms. The maximum absolute atomic E-state index is 12.6. The fraction of sp³-hybridized carbons (Fsp3) is 0.727. The first kappa shape index (κ1) is 16.5. The standard InChI is InChI=1S/C11H22N4O2S2/c1-8(7-18-5)15(4)19(16,17)11-10(6-12-3)9(2)13-14-11/h8,12H,6-7H2,1-5H3,(H,13,14). The highest BCUT2D eigenvalue weighted by atomic mass is 32.2. The summed E-state index contributed by atoms with van der Waals surface area (Å²) in [5.74, 6) is 0.750. The van der Waals surface area contributed by atoms with Crippen molar-refractivity contribution in [3.63, 3.8) is 0 Å². The van der Waals surface area contributed by atoms with Gasteiger partial charge in [-0.15, -0.1) is 0 Å². The molecule has 2 N–H and O–H groups in total. The van der Waals surface area contributed by atoms with Crippen molar-refractivity contribution in [1.82, 2.24) is 19.8 Å². The average Bonchev–Trinajstić information content (AvgIpc) is 2.71. The van der Waals surface area contributed by atoms with E-state index >= 15 is 0 Å². The summed E-state index contributed by atoms with van der Waals surface area (Å²) in [6.45, 7) is 4.19. The molecule has 110 valence electrons. The Kier molecular flexibility index (Phi) is 5.84. The zero-order valence-electron chi connectivity index (χ0n) is 12.0. The predicted octanol–water partition coefficient (Wildman–Crippen LogP) is 0.810. The van der Waals surface area contributed by atoms with E-state index in [0.717, 1.165) is 11.4 Å². The number of hydrogen-bond donors (Lipinski definition) is 2. The van der Waals surface area contributed by atoms with Crippen molar-refractivity contribution in [1.29, 1.82) is 0 Å². The van der Waals surface area contributed by atoms with Crippen LogP contribution in [0.25, 0.3) is 0 Å². The smallest absolute Gasteiger partial charge is 0.262 e. The Hall–Kier alpha value is -0.570. The molecule has 0 fully saturated rings. The van der Waals surface area contributed by atoms with Gasteiger partial charge in [-0.2, -0.15) is 21.2 Å². The fourth-order valence-electron chi connectivity index (χ4n) is 1.75. The Morgan fingerprint density at radius 2 is 2.16 bits per heavy atom. The predicted molar refractivity (Wildman–Crippen MR) is 78.9 cm³/mol. The van der Waals surface area contributed by atoms with Crippen molar-refractivity contribution in [3.05, 3.63) is 11.3 Å². The van der Waals surface area contributed by atoms with Gasteiger partial charge in [-0.25, -0.2) is 8.42 Å². The van der Waals surface area contributed by atoms with Gasteiger partial charge in [0, 0.05) is 36.6 Å². The Morgan fingerprint density at radius 1 is 1.53 bits per heavy atom. The monoisotopic (exact) mass is 306 g/mol. The Balaban J connectivity index is 3.13. The van der Waals surface area contributed by atoms with Crippen molar-refractivity contribution in [3.8, 4) is 0 Å². The van der Waals surface area contributed by atoms with Crippen molar-refractivity contribution in [2.45, 2.75) is 31.5 Å². The number of rotatable bonds is 7. The lowest BCUT2D eigenvalue weighted by Crippen LogP contribution is -2.37. The molecule has 1 unspecified atom stereocenters. The SMILES string of the molecule is CNCc1c(S(=O)(=O)N(C)C(C)CSC)n[nH]c1C. The van der Waals surface area contributed by atoms with E-state index < -0.39 is 10.0 Å². The maximum Gasteiger partial charge on any atom is 0.262 e. The van der Waals surface area contributed by atoms with Crippen LogP contribution in [0.2, 0.25) is 0 Å². The number of aromatic nitrogens is 2. The molecule has 6 nitrogen and oxygen atoms in total. The second-order valence-corrected chi connectivity index (χ2v) is 7.31. The van der Waals surface area contributed by atoms with Crippen LogP contribution in [0.15, 0.2) is 5.03 Å². The molecule has 0 saturated carbocycles. The zero-order valence-corrected chi connectivity index (χ0v) is 13.7. The van der Waals surface area contributed by atoms with Crippen molar-refractivity contribution in [2.75, 3.05) is 26.1 Å². The van der Waals surface area contributed by atoms with Crippen LogP contribution in [0, 0.1) is 6.92 Å². The first-order valence-corrected chi connectivity index (χ1v) is 8.85. The molecule has 0 aliphatic rings. The van der Waals surface area contributed by atoms with Gasteiger partial charge < -0.3 is 5.32 Å². The van der Waals surface area contributed by atoms with Crippen LogP contribution in [0.5, 0.6) is 0 Å². The molecule has 0 saturated heterocycles. The fourth-order valence-corrected chi connectivity index (χ4v) is 4.07. The molecule has 0 amide bonds. The van der Waals surface area contributed by atoms with Gasteiger partial charge in [0.1, 0.15) is 0 Å². The van der Waals surface area contributed by atoms with Gasteiger partial charge in [0.2, 0.25) is 0 Å². The lowest BCUT2D eigenvalue weighted by atomic mass is 10.3. The third-order valence-electron chi connectivity index (χ3n) is 3.04. The van der Waals surface area contributed by atoms with E-state index in [0.29, 0.717) is 12.1 Å². The summed E-state index contributed by atoms with van der Waals surface area (Å²) in [4.78, 5) is 0. The van der Waals surface area contributed by atoms with E-state index in [1.807, 2.05) is 20.1 Å². The number of aromatic amines is 1. The normalized spacial score (nSPS) is 14.0. The van der Waals surface area contributed by atoms with Gasteiger partial charge in [0.15, 0.2) is 5.03 Å². The number of thioether (sulfide) groups is 1. The molecule has 0 aromatic carbocycles. The number of aryl methyl sites for hydroxylation is 1. The highest BCUT2D eigenvalue weighted by molar-refractivity contribution is 7.98. The Labute approximate surface area is 119 Å². The minimum Gasteiger partial charge on any atom is -0.316 e. The van der Waals surface area contributed by atoms with Crippen LogP contribution in [0.3, 0.4) is 0 Å². The molecule has 0 radical (unpaired) electrons. The lowest BCUT2D eigenvalue weighted by molar-refractivity contribution is 0.412. The number of nitrogens with one attached hydrogen (secondary N) is 2. The van der Waals surface area contributed by atoms with E-state index in [1.54, 1.807) is 25.9 Å². The molecule has 1 aromatic heterocycles. The topological polar surface area (TPSA) is 78.1 Å². The zero-order chi connectivity index (χ0) is 14.6. The van der Waals surface area contributed by atoms with E-state index in [-0.39, 0.29) is 11.1 Å². The second kappa shape index (κ2) is 6.74. The summed E-state index contributed by atoms with van der Waals surface area (Å²) in [6.07, 6.45) is 1.96. The van der Waals surface area contributed by atoms with Crippen molar-refractivity contribution < 1.29 is 8.42 Å². The number of hydrogen-bond acceptors (Lipinski definition) is 5. The molecule has 0 aliphatic heterocycles. The first-order valence-electron chi connectivity index (χ1n) is 6.01. The van der Waals surface area contributed by atoms with Gasteiger partial charge in [0.05, 0.1) is 0 Å². The average molecular weight is 306 g/mol. The van der Waals surface area contributed by atoms with E-state index in [9.17, 15) is 8.42 Å². The van der Waals surface area contributed by atoms with Gasteiger partial charge in [0.25, 0.3) is 10.0 Å². The van der Waals surface area contributed by atoms with Gasteiger partial charge in [-0.05, 0) is 27.2 Å². The molecule has 19 heavy (non-hydrogen) atoms. The quantitative estimate of drug-likeness (QED) is 0.779. The van der Waals surface area contributed by atoms with Crippen molar-refractivity contribution >= 4 is 21.8 Å². The van der Waals surface area contributed by atoms with E-state index in [4.69, 9.17) is 0 Å².